The van der Waals surface area contributed by atoms with Gasteiger partial charge in [0.15, 0.2) is 0 Å². The van der Waals surface area contributed by atoms with E-state index in [-0.39, 0.29) is 18.4 Å². The van der Waals surface area contributed by atoms with E-state index in [4.69, 9.17) is 5.11 Å². The molecule has 2 N–H and O–H groups in total. The number of likely N-dealkylation sites (tertiary alicyclic amines) is 1. The fourth-order valence-corrected chi connectivity index (χ4v) is 2.38. The minimum Gasteiger partial charge on any atom is -0.481 e. The van der Waals surface area contributed by atoms with Crippen LogP contribution in [0.2, 0.25) is 0 Å². The number of piperidine rings is 1. The minimum atomic E-state index is -0.836. The van der Waals surface area contributed by atoms with Crippen LogP contribution in [-0.4, -0.2) is 47.6 Å². The van der Waals surface area contributed by atoms with Crippen molar-refractivity contribution in [1.29, 1.82) is 0 Å². The van der Waals surface area contributed by atoms with Gasteiger partial charge in [-0.1, -0.05) is 13.3 Å². The predicted molar refractivity (Wildman–Crippen MR) is 74.0 cm³/mol. The van der Waals surface area contributed by atoms with Gasteiger partial charge in [-0.15, -0.1) is 0 Å². The van der Waals surface area contributed by atoms with Gasteiger partial charge in [-0.25, -0.2) is 0 Å². The van der Waals surface area contributed by atoms with Crippen molar-refractivity contribution in [2.75, 3.05) is 19.6 Å². The van der Waals surface area contributed by atoms with Crippen molar-refractivity contribution in [3.63, 3.8) is 0 Å². The zero-order chi connectivity index (χ0) is 14.1. The van der Waals surface area contributed by atoms with Crippen molar-refractivity contribution in [1.82, 2.24) is 10.2 Å². The number of aliphatic carboxylic acids is 1. The van der Waals surface area contributed by atoms with Crippen molar-refractivity contribution in [2.45, 2.75) is 57.9 Å². The first-order valence-electron chi connectivity index (χ1n) is 7.35. The lowest BCUT2D eigenvalue weighted by Gasteiger charge is -2.32. The molecule has 0 aromatic carbocycles. The van der Waals surface area contributed by atoms with Gasteiger partial charge in [0, 0.05) is 32.0 Å². The van der Waals surface area contributed by atoms with E-state index in [9.17, 15) is 9.59 Å². The number of carboxylic acids is 1. The number of nitrogens with zero attached hydrogens (tertiary/aromatic N) is 1. The Balaban J connectivity index is 2.11. The second-order valence-corrected chi connectivity index (χ2v) is 5.28. The molecule has 0 atom stereocenters. The van der Waals surface area contributed by atoms with Crippen LogP contribution < -0.4 is 5.32 Å². The molecule has 1 aliphatic heterocycles. The molecule has 0 aromatic rings. The van der Waals surface area contributed by atoms with Crippen LogP contribution in [0.1, 0.15) is 51.9 Å². The van der Waals surface area contributed by atoms with E-state index in [0.717, 1.165) is 32.5 Å². The zero-order valence-electron chi connectivity index (χ0n) is 11.9. The molecule has 0 spiro atoms. The lowest BCUT2D eigenvalue weighted by atomic mass is 10.0. The van der Waals surface area contributed by atoms with E-state index in [2.05, 4.69) is 17.1 Å². The normalized spacial score (nSPS) is 17.3. The summed E-state index contributed by atoms with van der Waals surface area (Å²) in [5.41, 5.74) is 0. The Morgan fingerprint density at radius 1 is 1.21 bits per heavy atom. The molecule has 1 heterocycles. The Kier molecular flexibility index (Phi) is 7.48. The van der Waals surface area contributed by atoms with Gasteiger partial charge in [0.2, 0.25) is 5.91 Å². The Morgan fingerprint density at radius 3 is 2.47 bits per heavy atom. The highest BCUT2D eigenvalue weighted by molar-refractivity contribution is 5.77. The molecule has 0 unspecified atom stereocenters. The smallest absolute Gasteiger partial charge is 0.303 e. The summed E-state index contributed by atoms with van der Waals surface area (Å²) in [6.45, 7) is 5.47. The molecule has 0 bridgehead atoms. The summed E-state index contributed by atoms with van der Waals surface area (Å²) in [5, 5.41) is 11.5. The fraction of sp³-hybridized carbons (Fsp3) is 0.857. The molecule has 19 heavy (non-hydrogen) atoms. The first-order chi connectivity index (χ1) is 9.11. The van der Waals surface area contributed by atoms with E-state index >= 15 is 0 Å². The SMILES string of the molecule is CCCCN1CCC(NC(=O)CCCC(=O)O)CC1. The molecule has 1 amide bonds. The van der Waals surface area contributed by atoms with Gasteiger partial charge < -0.3 is 15.3 Å². The molecule has 0 saturated carbocycles. The third kappa shape index (κ3) is 7.15. The molecule has 0 aromatic heterocycles. The highest BCUT2D eigenvalue weighted by Gasteiger charge is 2.19. The largest absolute Gasteiger partial charge is 0.481 e. The van der Waals surface area contributed by atoms with Crippen molar-refractivity contribution in [2.24, 2.45) is 0 Å². The van der Waals surface area contributed by atoms with Crippen LogP contribution in [0.25, 0.3) is 0 Å². The number of nitrogens with one attached hydrogen (secondary N) is 1. The Bertz CT molecular complexity index is 286. The van der Waals surface area contributed by atoms with E-state index < -0.39 is 5.97 Å². The number of hydrogen-bond donors (Lipinski definition) is 2. The van der Waals surface area contributed by atoms with Crippen molar-refractivity contribution < 1.29 is 14.7 Å². The monoisotopic (exact) mass is 270 g/mol. The fourth-order valence-electron chi connectivity index (χ4n) is 2.38. The van der Waals surface area contributed by atoms with Crippen LogP contribution >= 0.6 is 0 Å². The Morgan fingerprint density at radius 2 is 1.89 bits per heavy atom. The van der Waals surface area contributed by atoms with Gasteiger partial charge >= 0.3 is 5.97 Å². The summed E-state index contributed by atoms with van der Waals surface area (Å²) in [6.07, 6.45) is 5.30. The van der Waals surface area contributed by atoms with Gasteiger partial charge in [0.05, 0.1) is 0 Å². The van der Waals surface area contributed by atoms with Crippen LogP contribution in [-0.2, 0) is 9.59 Å². The number of carboxylic acid groups (broad SMARTS) is 1. The lowest BCUT2D eigenvalue weighted by molar-refractivity contribution is -0.137. The van der Waals surface area contributed by atoms with Gasteiger partial charge in [-0.05, 0) is 32.2 Å². The highest BCUT2D eigenvalue weighted by atomic mass is 16.4. The number of carbonyl (C=O) groups excluding carboxylic acids is 1. The molecule has 5 heteroatoms. The maximum absolute atomic E-state index is 11.6. The Labute approximate surface area is 115 Å². The molecular formula is C14H26N2O3. The lowest BCUT2D eigenvalue weighted by Crippen LogP contribution is -2.44. The number of amides is 1. The van der Waals surface area contributed by atoms with Crippen LogP contribution in [0.15, 0.2) is 0 Å². The number of rotatable bonds is 8. The molecule has 0 aliphatic carbocycles. The van der Waals surface area contributed by atoms with Gasteiger partial charge in [0.1, 0.15) is 0 Å². The van der Waals surface area contributed by atoms with Crippen LogP contribution in [0.4, 0.5) is 0 Å². The average molecular weight is 270 g/mol. The van der Waals surface area contributed by atoms with Gasteiger partial charge in [0.25, 0.3) is 0 Å². The summed E-state index contributed by atoms with van der Waals surface area (Å²) in [7, 11) is 0. The zero-order valence-corrected chi connectivity index (χ0v) is 11.9. The van der Waals surface area contributed by atoms with Crippen molar-refractivity contribution in [3.8, 4) is 0 Å². The number of carbonyl (C=O) groups is 2. The third-order valence-electron chi connectivity index (χ3n) is 3.58. The van der Waals surface area contributed by atoms with E-state index in [1.165, 1.54) is 12.8 Å². The molecule has 1 fully saturated rings. The predicted octanol–water partition coefficient (Wildman–Crippen LogP) is 1.62. The number of unbranched alkanes of at least 4 members (excludes halogenated alkanes) is 1. The maximum atomic E-state index is 11.6. The molecule has 1 rings (SSSR count). The quantitative estimate of drug-likeness (QED) is 0.703. The molecule has 1 aliphatic rings. The maximum Gasteiger partial charge on any atom is 0.303 e. The van der Waals surface area contributed by atoms with Crippen LogP contribution in [0.5, 0.6) is 0 Å². The Hall–Kier alpha value is -1.10. The summed E-state index contributed by atoms with van der Waals surface area (Å²) in [4.78, 5) is 24.4. The average Bonchev–Trinajstić information content (AvgIpc) is 2.37. The second-order valence-electron chi connectivity index (χ2n) is 5.28. The van der Waals surface area contributed by atoms with Gasteiger partial charge in [-0.2, -0.15) is 0 Å². The summed E-state index contributed by atoms with van der Waals surface area (Å²) < 4.78 is 0. The van der Waals surface area contributed by atoms with E-state index in [1.807, 2.05) is 0 Å². The molecule has 1 saturated heterocycles. The van der Waals surface area contributed by atoms with Crippen molar-refractivity contribution >= 4 is 11.9 Å². The summed E-state index contributed by atoms with van der Waals surface area (Å²) in [5.74, 6) is -0.842. The summed E-state index contributed by atoms with van der Waals surface area (Å²) >= 11 is 0. The first-order valence-corrected chi connectivity index (χ1v) is 7.35. The third-order valence-corrected chi connectivity index (χ3v) is 3.58. The molecule has 110 valence electrons. The topological polar surface area (TPSA) is 69.6 Å². The highest BCUT2D eigenvalue weighted by Crippen LogP contribution is 2.11. The summed E-state index contributed by atoms with van der Waals surface area (Å²) in [6, 6.07) is 0.273. The first kappa shape index (κ1) is 16.0. The standard InChI is InChI=1S/C14H26N2O3/c1-2-3-9-16-10-7-12(8-11-16)15-13(17)5-4-6-14(18)19/h12H,2-11H2,1H3,(H,15,17)(H,18,19). The molecular weight excluding hydrogens is 244 g/mol. The second kappa shape index (κ2) is 8.91. The van der Waals surface area contributed by atoms with Crippen LogP contribution in [0.3, 0.4) is 0 Å². The minimum absolute atomic E-state index is 0.00624. The molecule has 5 nitrogen and oxygen atoms in total. The van der Waals surface area contributed by atoms with E-state index in [0.29, 0.717) is 12.8 Å². The van der Waals surface area contributed by atoms with Gasteiger partial charge in [-0.3, -0.25) is 9.59 Å². The molecule has 0 radical (unpaired) electrons. The number of hydrogen-bond acceptors (Lipinski definition) is 3. The van der Waals surface area contributed by atoms with E-state index in [1.54, 1.807) is 0 Å². The van der Waals surface area contributed by atoms with Crippen LogP contribution in [0, 0.1) is 0 Å². The van der Waals surface area contributed by atoms with Crippen molar-refractivity contribution in [3.05, 3.63) is 0 Å².